The van der Waals surface area contributed by atoms with Crippen molar-refractivity contribution in [3.05, 3.63) is 94.6 Å². The molecular formula is C36H39F3O8. The molecule has 11 heteroatoms. The van der Waals surface area contributed by atoms with Crippen molar-refractivity contribution in [1.82, 2.24) is 0 Å². The molecule has 3 aromatic rings. The molecule has 3 rings (SSSR count). The van der Waals surface area contributed by atoms with Crippen molar-refractivity contribution in [3.63, 3.8) is 0 Å². The zero-order chi connectivity index (χ0) is 34.2. The molecular weight excluding hydrogens is 617 g/mol. The van der Waals surface area contributed by atoms with E-state index in [-0.39, 0.29) is 48.4 Å². The Morgan fingerprint density at radius 2 is 1.36 bits per heavy atom. The van der Waals surface area contributed by atoms with Crippen molar-refractivity contribution in [2.24, 2.45) is 0 Å². The highest BCUT2D eigenvalue weighted by Crippen LogP contribution is 2.30. The maximum atomic E-state index is 12.6. The molecule has 0 saturated heterocycles. The summed E-state index contributed by atoms with van der Waals surface area (Å²) in [5, 5.41) is 0. The van der Waals surface area contributed by atoms with Gasteiger partial charge in [0.05, 0.1) is 38.1 Å². The summed E-state index contributed by atoms with van der Waals surface area (Å²) in [6.07, 6.45) is 0.547. The first kappa shape index (κ1) is 36.7. The summed E-state index contributed by atoms with van der Waals surface area (Å²) in [6, 6.07) is 16.3. The summed E-state index contributed by atoms with van der Waals surface area (Å²) < 4.78 is 63.5. The van der Waals surface area contributed by atoms with Gasteiger partial charge in [0.25, 0.3) is 0 Å². The first-order chi connectivity index (χ1) is 22.4. The van der Waals surface area contributed by atoms with Crippen molar-refractivity contribution in [3.8, 4) is 17.2 Å². The molecule has 0 aliphatic heterocycles. The lowest BCUT2D eigenvalue weighted by Crippen LogP contribution is -2.11. The fourth-order valence-corrected chi connectivity index (χ4v) is 4.47. The van der Waals surface area contributed by atoms with Gasteiger partial charge in [0, 0.05) is 12.5 Å². The number of esters is 3. The highest BCUT2D eigenvalue weighted by Gasteiger charge is 2.26. The lowest BCUT2D eigenvalue weighted by Gasteiger charge is -2.12. The molecule has 0 atom stereocenters. The molecule has 47 heavy (non-hydrogen) atoms. The Labute approximate surface area is 272 Å². The van der Waals surface area contributed by atoms with Crippen LogP contribution in [0.25, 0.3) is 6.08 Å². The summed E-state index contributed by atoms with van der Waals surface area (Å²) in [7, 11) is 1.35. The molecule has 0 spiro atoms. The van der Waals surface area contributed by atoms with Crippen LogP contribution >= 0.6 is 0 Å². The number of benzene rings is 3. The molecule has 3 aromatic carbocycles. The smallest absolute Gasteiger partial charge is 0.389 e. The van der Waals surface area contributed by atoms with Gasteiger partial charge >= 0.3 is 24.1 Å². The van der Waals surface area contributed by atoms with E-state index in [1.165, 1.54) is 31.4 Å². The Morgan fingerprint density at radius 1 is 0.702 bits per heavy atom. The molecule has 0 saturated carbocycles. The Morgan fingerprint density at radius 3 is 2.00 bits per heavy atom. The average molecular weight is 657 g/mol. The highest BCUT2D eigenvalue weighted by atomic mass is 19.4. The number of rotatable bonds is 17. The number of hydrogen-bond donors (Lipinski definition) is 0. The number of carbonyl (C=O) groups is 3. The van der Waals surface area contributed by atoms with Crippen molar-refractivity contribution >= 4 is 24.0 Å². The van der Waals surface area contributed by atoms with Gasteiger partial charge in [-0.2, -0.15) is 13.2 Å². The first-order valence-electron chi connectivity index (χ1n) is 15.2. The number of hydrogen-bond acceptors (Lipinski definition) is 8. The van der Waals surface area contributed by atoms with E-state index >= 15 is 0 Å². The van der Waals surface area contributed by atoms with E-state index in [0.717, 1.165) is 30.4 Å². The Bertz CT molecular complexity index is 1490. The fraction of sp³-hybridized carbons (Fsp3) is 0.361. The van der Waals surface area contributed by atoms with Crippen LogP contribution < -0.4 is 14.2 Å². The van der Waals surface area contributed by atoms with Gasteiger partial charge in [-0.05, 0) is 100 Å². The number of methoxy groups -OCH3 is 1. The number of halogens is 3. The Hall–Kier alpha value is -4.80. The Balaban J connectivity index is 1.33. The molecule has 0 amide bonds. The third kappa shape index (κ3) is 13.6. The molecule has 0 aliphatic carbocycles. The Kier molecular flexibility index (Phi) is 14.3. The summed E-state index contributed by atoms with van der Waals surface area (Å²) >= 11 is 0. The third-order valence-electron chi connectivity index (χ3n) is 6.74. The van der Waals surface area contributed by atoms with Gasteiger partial charge in [-0.3, -0.25) is 0 Å². The van der Waals surface area contributed by atoms with Gasteiger partial charge in [-0.1, -0.05) is 29.3 Å². The minimum Gasteiger partial charge on any atom is -0.493 e. The fourth-order valence-electron chi connectivity index (χ4n) is 4.47. The number of aryl methyl sites for hydroxylation is 2. The van der Waals surface area contributed by atoms with Crippen LogP contribution in [-0.4, -0.2) is 51.0 Å². The summed E-state index contributed by atoms with van der Waals surface area (Å²) in [5.41, 5.74) is 3.43. The van der Waals surface area contributed by atoms with E-state index in [0.29, 0.717) is 24.2 Å². The summed E-state index contributed by atoms with van der Waals surface area (Å²) in [6.45, 7) is 4.33. The maximum absolute atomic E-state index is 12.6. The van der Waals surface area contributed by atoms with Crippen molar-refractivity contribution in [2.75, 3.05) is 26.9 Å². The summed E-state index contributed by atoms with van der Waals surface area (Å²) in [4.78, 5) is 36.9. The van der Waals surface area contributed by atoms with Crippen LogP contribution in [0.2, 0.25) is 0 Å². The molecule has 0 radical (unpaired) electrons. The van der Waals surface area contributed by atoms with Gasteiger partial charge in [0.2, 0.25) is 0 Å². The van der Waals surface area contributed by atoms with Gasteiger partial charge < -0.3 is 23.7 Å². The molecule has 0 N–H and O–H groups in total. The molecule has 0 aromatic heterocycles. The van der Waals surface area contributed by atoms with Crippen LogP contribution in [0.3, 0.4) is 0 Å². The number of alkyl halides is 3. The van der Waals surface area contributed by atoms with E-state index in [1.54, 1.807) is 30.3 Å². The van der Waals surface area contributed by atoms with E-state index in [9.17, 15) is 27.6 Å². The predicted molar refractivity (Wildman–Crippen MR) is 170 cm³/mol. The van der Waals surface area contributed by atoms with Crippen molar-refractivity contribution in [2.45, 2.75) is 58.5 Å². The minimum atomic E-state index is -4.26. The zero-order valence-corrected chi connectivity index (χ0v) is 26.7. The molecule has 0 fully saturated rings. The molecule has 0 heterocycles. The highest BCUT2D eigenvalue weighted by molar-refractivity contribution is 5.92. The van der Waals surface area contributed by atoms with Crippen molar-refractivity contribution in [1.29, 1.82) is 0 Å². The number of ether oxygens (including phenoxy) is 5. The molecule has 0 aliphatic rings. The standard InChI is InChI=1S/C36H39F3O8/c1-25-21-26(2)23-29(22-25)34(41)46-19-7-5-4-6-18-45-33(40)16-11-27-9-13-30(14-10-27)47-35(42)28-12-15-31(32(24-28)43-3)44-20-8-17-36(37,38)39/h9-16,21-24H,4-8,17-20H2,1-3H3/b16-11+. The molecule has 252 valence electrons. The van der Waals surface area contributed by atoms with Crippen molar-refractivity contribution < 1.29 is 51.2 Å². The molecule has 8 nitrogen and oxygen atoms in total. The van der Waals surface area contributed by atoms with Gasteiger partial charge in [0.1, 0.15) is 5.75 Å². The van der Waals surface area contributed by atoms with E-state index in [1.807, 2.05) is 32.0 Å². The average Bonchev–Trinajstić information content (AvgIpc) is 3.03. The normalized spacial score (nSPS) is 11.3. The van der Waals surface area contributed by atoms with Crippen LogP contribution in [0.5, 0.6) is 17.2 Å². The van der Waals surface area contributed by atoms with Crippen LogP contribution in [0.1, 0.15) is 75.9 Å². The number of carbonyl (C=O) groups excluding carboxylic acids is 3. The monoisotopic (exact) mass is 656 g/mol. The lowest BCUT2D eigenvalue weighted by atomic mass is 10.1. The van der Waals surface area contributed by atoms with E-state index < -0.39 is 24.5 Å². The largest absolute Gasteiger partial charge is 0.493 e. The maximum Gasteiger partial charge on any atom is 0.389 e. The second-order valence-electron chi connectivity index (χ2n) is 10.8. The van der Waals surface area contributed by atoms with E-state index in [2.05, 4.69) is 0 Å². The molecule has 0 bridgehead atoms. The minimum absolute atomic E-state index is 0.158. The second kappa shape index (κ2) is 18.4. The van der Waals surface area contributed by atoms with Gasteiger partial charge in [0.15, 0.2) is 11.5 Å². The number of unbranched alkanes of at least 4 members (excludes halogenated alkanes) is 3. The quantitative estimate of drug-likeness (QED) is 0.0621. The lowest BCUT2D eigenvalue weighted by molar-refractivity contribution is -0.138. The van der Waals surface area contributed by atoms with E-state index in [4.69, 9.17) is 23.7 Å². The third-order valence-corrected chi connectivity index (χ3v) is 6.74. The van der Waals surface area contributed by atoms with Crippen LogP contribution in [0, 0.1) is 13.8 Å². The topological polar surface area (TPSA) is 97.4 Å². The summed E-state index contributed by atoms with van der Waals surface area (Å²) in [5.74, 6) is -0.813. The van der Waals surface area contributed by atoms with Crippen LogP contribution in [0.15, 0.2) is 66.7 Å². The van der Waals surface area contributed by atoms with Gasteiger partial charge in [-0.15, -0.1) is 0 Å². The second-order valence-corrected chi connectivity index (χ2v) is 10.8. The van der Waals surface area contributed by atoms with Crippen LogP contribution in [-0.2, 0) is 14.3 Å². The van der Waals surface area contributed by atoms with Gasteiger partial charge in [-0.25, -0.2) is 14.4 Å². The van der Waals surface area contributed by atoms with Crippen LogP contribution in [0.4, 0.5) is 13.2 Å². The zero-order valence-electron chi connectivity index (χ0n) is 26.7. The first-order valence-corrected chi connectivity index (χ1v) is 15.2. The molecule has 0 unspecified atom stereocenters. The predicted octanol–water partition coefficient (Wildman–Crippen LogP) is 8.23. The SMILES string of the molecule is COc1cc(C(=O)Oc2ccc(/C=C/C(=O)OCCCCCCOC(=O)c3cc(C)cc(C)c3)cc2)ccc1OCCCC(F)(F)F.